The van der Waals surface area contributed by atoms with Gasteiger partial charge in [-0.3, -0.25) is 14.4 Å². The van der Waals surface area contributed by atoms with Gasteiger partial charge in [0.15, 0.2) is 0 Å². The Labute approximate surface area is 129 Å². The summed E-state index contributed by atoms with van der Waals surface area (Å²) in [6.07, 6.45) is 2.60. The molecule has 0 saturated carbocycles. The predicted octanol–water partition coefficient (Wildman–Crippen LogP) is -0.00510. The molecule has 0 aromatic heterocycles. The Morgan fingerprint density at radius 1 is 1.23 bits per heavy atom. The molecule has 7 heteroatoms. The lowest BCUT2D eigenvalue weighted by Gasteiger charge is -2.42. The molecule has 7 nitrogen and oxygen atoms in total. The Balaban J connectivity index is 1.63. The summed E-state index contributed by atoms with van der Waals surface area (Å²) in [5.74, 6) is -1.63. The van der Waals surface area contributed by atoms with Gasteiger partial charge in [0.25, 0.3) is 0 Å². The number of piperidine rings is 1. The van der Waals surface area contributed by atoms with Gasteiger partial charge in [0.05, 0.1) is 11.5 Å². The Morgan fingerprint density at radius 2 is 1.86 bits per heavy atom. The van der Waals surface area contributed by atoms with Crippen molar-refractivity contribution >= 4 is 17.8 Å². The number of nitrogens with one attached hydrogen (secondary N) is 1. The van der Waals surface area contributed by atoms with E-state index in [1.807, 2.05) is 4.90 Å². The van der Waals surface area contributed by atoms with Gasteiger partial charge in [-0.25, -0.2) is 0 Å². The van der Waals surface area contributed by atoms with Crippen molar-refractivity contribution in [3.63, 3.8) is 0 Å². The second-order valence-corrected chi connectivity index (χ2v) is 6.51. The number of likely N-dealkylation sites (tertiary alicyclic amines) is 1. The normalized spacial score (nSPS) is 28.6. The number of carboxylic acids is 1. The van der Waals surface area contributed by atoms with E-state index in [1.54, 1.807) is 0 Å². The largest absolute Gasteiger partial charge is 0.481 e. The average Bonchev–Trinajstić information content (AvgIpc) is 2.85. The van der Waals surface area contributed by atoms with Crippen molar-refractivity contribution in [3.05, 3.63) is 0 Å². The highest BCUT2D eigenvalue weighted by Gasteiger charge is 2.52. The van der Waals surface area contributed by atoms with Crippen LogP contribution in [0.2, 0.25) is 0 Å². The van der Waals surface area contributed by atoms with Gasteiger partial charge in [0.2, 0.25) is 11.8 Å². The van der Waals surface area contributed by atoms with Crippen LogP contribution in [-0.4, -0.2) is 59.6 Å². The number of rotatable bonds is 2. The lowest BCUT2D eigenvalue weighted by atomic mass is 9.77. The molecule has 0 unspecified atom stereocenters. The van der Waals surface area contributed by atoms with Crippen molar-refractivity contribution in [2.45, 2.75) is 37.6 Å². The number of aliphatic carboxylic acids is 1. The van der Waals surface area contributed by atoms with Crippen LogP contribution >= 0.6 is 0 Å². The summed E-state index contributed by atoms with van der Waals surface area (Å²) in [5.41, 5.74) is -0.671. The zero-order valence-electron chi connectivity index (χ0n) is 12.5. The quantitative estimate of drug-likeness (QED) is 0.748. The molecule has 3 aliphatic rings. The second-order valence-electron chi connectivity index (χ2n) is 6.51. The third-order valence-corrected chi connectivity index (χ3v) is 5.28. The van der Waals surface area contributed by atoms with Gasteiger partial charge in [0, 0.05) is 38.6 Å². The minimum Gasteiger partial charge on any atom is -0.481 e. The van der Waals surface area contributed by atoms with Crippen LogP contribution in [-0.2, 0) is 19.1 Å². The summed E-state index contributed by atoms with van der Waals surface area (Å²) in [7, 11) is 0. The summed E-state index contributed by atoms with van der Waals surface area (Å²) in [4.78, 5) is 37.3. The van der Waals surface area contributed by atoms with Crippen LogP contribution in [0.15, 0.2) is 0 Å². The maximum Gasteiger partial charge on any atom is 0.309 e. The number of ether oxygens (including phenoxy) is 1. The molecule has 3 rings (SSSR count). The van der Waals surface area contributed by atoms with Crippen molar-refractivity contribution in [2.24, 2.45) is 11.8 Å². The lowest BCUT2D eigenvalue weighted by molar-refractivity contribution is -0.146. The SMILES string of the molecule is O=C1C[C@H](C(=O)O)C2(CCN(C(=O)C3CCOCC3)CC2)N1. The van der Waals surface area contributed by atoms with Gasteiger partial charge < -0.3 is 20.1 Å². The Hall–Kier alpha value is -1.63. The Bertz CT molecular complexity index is 478. The number of nitrogens with zero attached hydrogens (tertiary/aromatic N) is 1. The maximum absolute atomic E-state index is 12.5. The molecule has 2 amide bonds. The third-order valence-electron chi connectivity index (χ3n) is 5.28. The molecular weight excluding hydrogens is 288 g/mol. The van der Waals surface area contributed by atoms with Crippen LogP contribution in [0.4, 0.5) is 0 Å². The molecule has 1 atom stereocenters. The average molecular weight is 310 g/mol. The minimum absolute atomic E-state index is 0.0243. The van der Waals surface area contributed by atoms with Gasteiger partial charge in [-0.1, -0.05) is 0 Å². The first-order chi connectivity index (χ1) is 10.5. The van der Waals surface area contributed by atoms with E-state index in [0.717, 1.165) is 12.8 Å². The molecule has 0 radical (unpaired) electrons. The van der Waals surface area contributed by atoms with Crippen LogP contribution in [0.25, 0.3) is 0 Å². The van der Waals surface area contributed by atoms with Gasteiger partial charge in [-0.2, -0.15) is 0 Å². The molecule has 0 aliphatic carbocycles. The van der Waals surface area contributed by atoms with E-state index >= 15 is 0 Å². The van der Waals surface area contributed by atoms with E-state index in [0.29, 0.717) is 39.1 Å². The van der Waals surface area contributed by atoms with E-state index in [4.69, 9.17) is 4.74 Å². The summed E-state index contributed by atoms with van der Waals surface area (Å²) < 4.78 is 5.28. The fraction of sp³-hybridized carbons (Fsp3) is 0.800. The molecule has 3 saturated heterocycles. The van der Waals surface area contributed by atoms with Gasteiger partial charge in [0.1, 0.15) is 0 Å². The topological polar surface area (TPSA) is 95.9 Å². The van der Waals surface area contributed by atoms with Crippen molar-refractivity contribution < 1.29 is 24.2 Å². The monoisotopic (exact) mass is 310 g/mol. The highest BCUT2D eigenvalue weighted by Crippen LogP contribution is 2.37. The smallest absolute Gasteiger partial charge is 0.309 e. The second kappa shape index (κ2) is 5.87. The first kappa shape index (κ1) is 15.3. The van der Waals surface area contributed by atoms with Gasteiger partial charge in [-0.05, 0) is 25.7 Å². The van der Waals surface area contributed by atoms with E-state index in [-0.39, 0.29) is 24.2 Å². The van der Waals surface area contributed by atoms with E-state index in [2.05, 4.69) is 5.32 Å². The fourth-order valence-electron chi connectivity index (χ4n) is 3.92. The van der Waals surface area contributed by atoms with Crippen molar-refractivity contribution in [1.29, 1.82) is 0 Å². The molecule has 3 fully saturated rings. The molecule has 3 aliphatic heterocycles. The zero-order chi connectivity index (χ0) is 15.7. The standard InChI is InChI=1S/C15H22N2O5/c18-12-9-11(14(20)21)15(16-12)3-5-17(6-4-15)13(19)10-1-7-22-8-2-10/h10-11H,1-9H2,(H,16,18)(H,20,21)/t11-/m1/s1. The van der Waals surface area contributed by atoms with Gasteiger partial charge >= 0.3 is 5.97 Å². The zero-order valence-corrected chi connectivity index (χ0v) is 12.5. The summed E-state index contributed by atoms with van der Waals surface area (Å²) >= 11 is 0. The molecule has 0 bridgehead atoms. The first-order valence-electron chi connectivity index (χ1n) is 7.92. The highest BCUT2D eigenvalue weighted by atomic mass is 16.5. The highest BCUT2D eigenvalue weighted by molar-refractivity contribution is 5.88. The van der Waals surface area contributed by atoms with Crippen LogP contribution < -0.4 is 5.32 Å². The summed E-state index contributed by atoms with van der Waals surface area (Å²) in [6, 6.07) is 0. The van der Waals surface area contributed by atoms with Crippen LogP contribution in [0, 0.1) is 11.8 Å². The van der Waals surface area contributed by atoms with E-state index in [1.165, 1.54) is 0 Å². The van der Waals surface area contributed by atoms with Crippen molar-refractivity contribution in [3.8, 4) is 0 Å². The van der Waals surface area contributed by atoms with Crippen LogP contribution in [0.1, 0.15) is 32.1 Å². The first-order valence-corrected chi connectivity index (χ1v) is 7.92. The number of carboxylic acid groups (broad SMARTS) is 1. The van der Waals surface area contributed by atoms with Gasteiger partial charge in [-0.15, -0.1) is 0 Å². The molecule has 0 aromatic rings. The number of carbonyl (C=O) groups is 3. The van der Waals surface area contributed by atoms with E-state index < -0.39 is 17.4 Å². The molecule has 122 valence electrons. The molecule has 1 spiro atoms. The number of amides is 2. The number of hydrogen-bond acceptors (Lipinski definition) is 4. The molecule has 0 aromatic carbocycles. The summed E-state index contributed by atoms with van der Waals surface area (Å²) in [6.45, 7) is 2.29. The minimum atomic E-state index is -0.928. The molecule has 22 heavy (non-hydrogen) atoms. The van der Waals surface area contributed by atoms with E-state index in [9.17, 15) is 19.5 Å². The fourth-order valence-corrected chi connectivity index (χ4v) is 3.92. The van der Waals surface area contributed by atoms with Crippen molar-refractivity contribution in [2.75, 3.05) is 26.3 Å². The third kappa shape index (κ3) is 2.69. The lowest BCUT2D eigenvalue weighted by Crippen LogP contribution is -2.57. The molecular formula is C15H22N2O5. The summed E-state index contributed by atoms with van der Waals surface area (Å²) in [5, 5.41) is 12.2. The molecule has 2 N–H and O–H groups in total. The Morgan fingerprint density at radius 3 is 2.45 bits per heavy atom. The van der Waals surface area contributed by atoms with Crippen LogP contribution in [0.5, 0.6) is 0 Å². The van der Waals surface area contributed by atoms with Crippen LogP contribution in [0.3, 0.4) is 0 Å². The number of carbonyl (C=O) groups excluding carboxylic acids is 2. The maximum atomic E-state index is 12.5. The Kier molecular flexibility index (Phi) is 4.08. The molecule has 3 heterocycles. The predicted molar refractivity (Wildman–Crippen MR) is 76.0 cm³/mol. The van der Waals surface area contributed by atoms with Crippen molar-refractivity contribution in [1.82, 2.24) is 10.2 Å². The number of hydrogen-bond donors (Lipinski definition) is 2.